The van der Waals surface area contributed by atoms with Gasteiger partial charge < -0.3 is 30.4 Å². The van der Waals surface area contributed by atoms with Crippen LogP contribution in [0.2, 0.25) is 0 Å². The van der Waals surface area contributed by atoms with Gasteiger partial charge in [0.2, 0.25) is 0 Å². The van der Waals surface area contributed by atoms with Crippen molar-refractivity contribution in [1.29, 1.82) is 0 Å². The van der Waals surface area contributed by atoms with Crippen LogP contribution in [-0.4, -0.2) is 45.9 Å². The van der Waals surface area contributed by atoms with E-state index >= 15 is 0 Å². The van der Waals surface area contributed by atoms with Gasteiger partial charge in [-0.1, -0.05) is 297 Å². The molecule has 476 valence electrons. The minimum Gasteiger partial charge on any atom is -0.420 e. The van der Waals surface area contributed by atoms with Crippen LogP contribution < -0.4 is 0 Å². The number of guanidine groups is 2. The number of benzene rings is 5. The summed E-state index contributed by atoms with van der Waals surface area (Å²) in [4.78, 5) is 16.9. The fourth-order valence-electron chi connectivity index (χ4n) is 14.3. The first-order valence-corrected chi connectivity index (χ1v) is 35.1. The molecule has 0 N–H and O–H groups in total. The van der Waals surface area contributed by atoms with Crippen LogP contribution in [0, 0.1) is 40.4 Å². The van der Waals surface area contributed by atoms with Crippen LogP contribution in [-0.2, 0) is 0 Å². The van der Waals surface area contributed by atoms with E-state index in [4.69, 9.17) is 20.6 Å². The number of rotatable bonds is 16. The standard InChI is InChI=1S/2C37H56N3.C6H6.Sm/c2*1-25(2)31-21-15-22-32(26(3)4)35(31)38-37(39-36-33(27(5)6)23-16-24-34(36)28(7)8)40(29-17-11-9-12-18-29)30-19-13-10-14-20-30;1-2-4-6-5-3-1;/h2*15-16,21-30H,9-14,17-20H2,1-8H3;1-6H;/q2*-1;;. The normalized spacial score (nSPS) is 17.0. The van der Waals surface area contributed by atoms with Gasteiger partial charge in [0, 0.05) is 52.3 Å². The third-order valence-electron chi connectivity index (χ3n) is 19.2. The molecule has 0 atom stereocenters. The second-order valence-corrected chi connectivity index (χ2v) is 28.6. The fourth-order valence-corrected chi connectivity index (χ4v) is 14.3. The Bertz CT molecular complexity index is 2500. The van der Waals surface area contributed by atoms with E-state index < -0.39 is 0 Å². The molecule has 0 radical (unpaired) electrons. The molecule has 0 heterocycles. The summed E-state index contributed by atoms with van der Waals surface area (Å²) in [6.07, 6.45) is 26.1. The van der Waals surface area contributed by atoms with Gasteiger partial charge in [-0.3, -0.25) is 0 Å². The van der Waals surface area contributed by atoms with Crippen LogP contribution in [0.15, 0.2) is 119 Å². The van der Waals surface area contributed by atoms with Crippen molar-refractivity contribution in [3.63, 3.8) is 0 Å². The van der Waals surface area contributed by atoms with E-state index in [9.17, 15) is 0 Å². The van der Waals surface area contributed by atoms with Crippen LogP contribution in [0.1, 0.15) is 331 Å². The number of hydrogen-bond donors (Lipinski definition) is 0. The second kappa shape index (κ2) is 36.1. The first kappa shape index (κ1) is 72.0. The Labute approximate surface area is 565 Å². The molecule has 0 spiro atoms. The van der Waals surface area contributed by atoms with Gasteiger partial charge in [-0.15, -0.1) is 0 Å². The van der Waals surface area contributed by atoms with Gasteiger partial charge in [-0.2, -0.15) is 0 Å². The number of aliphatic imine (C=N–C) groups is 2. The molecule has 0 aliphatic heterocycles. The molecule has 0 unspecified atom stereocenters. The van der Waals surface area contributed by atoms with Gasteiger partial charge in [0.1, 0.15) is 0 Å². The molecular weight excluding hydrogens is 1200 g/mol. The average molecular weight is 1310 g/mol. The Morgan fingerprint density at radius 2 is 0.471 bits per heavy atom. The predicted molar refractivity (Wildman–Crippen MR) is 376 cm³/mol. The summed E-state index contributed by atoms with van der Waals surface area (Å²) >= 11 is 0. The van der Waals surface area contributed by atoms with Crippen molar-refractivity contribution in [3.8, 4) is 0 Å². The van der Waals surface area contributed by atoms with Gasteiger partial charge in [-0.05, 0) is 190 Å². The minimum atomic E-state index is 0. The van der Waals surface area contributed by atoms with Crippen molar-refractivity contribution < 1.29 is 40.4 Å². The molecule has 0 amide bonds. The van der Waals surface area contributed by atoms with Crippen LogP contribution in [0.25, 0.3) is 10.6 Å². The molecule has 4 fully saturated rings. The predicted octanol–water partition coefficient (Wildman–Crippen LogP) is 25.4. The molecule has 4 aliphatic carbocycles. The maximum absolute atomic E-state index is 5.72. The summed E-state index contributed by atoms with van der Waals surface area (Å²) in [5.74, 6) is 5.22. The summed E-state index contributed by atoms with van der Waals surface area (Å²) in [6, 6.07) is 41.4. The molecule has 9 rings (SSSR count). The monoisotopic (exact) mass is 1310 g/mol. The SMILES string of the molecule is CC(C)c1cccc(C(C)C)c1N=C([N-]c1c(C(C)C)cccc1C(C)C)N(C1CCCCC1)C1CCCCC1.CC(C)c1cccc(C(C)C)c1N=C([N-]c1c(C(C)C)cccc1C(C)C)N(C1CCCCC1)C1CCCCC1.[Sm].c1ccccc1. The maximum atomic E-state index is 5.72. The van der Waals surface area contributed by atoms with Crippen LogP contribution in [0.5, 0.6) is 0 Å². The Kier molecular flexibility index (Phi) is 29.9. The van der Waals surface area contributed by atoms with Gasteiger partial charge in [-0.25, -0.2) is 0 Å². The van der Waals surface area contributed by atoms with E-state index in [1.165, 1.54) is 173 Å². The topological polar surface area (TPSA) is 59.4 Å². The third kappa shape index (κ3) is 20.0. The summed E-state index contributed by atoms with van der Waals surface area (Å²) < 4.78 is 0. The Morgan fingerprint density at radius 1 is 0.287 bits per heavy atom. The van der Waals surface area contributed by atoms with E-state index in [1.54, 1.807) is 0 Å². The van der Waals surface area contributed by atoms with E-state index in [0.717, 1.165) is 34.7 Å². The molecule has 4 saturated carbocycles. The van der Waals surface area contributed by atoms with Crippen molar-refractivity contribution in [1.82, 2.24) is 9.80 Å². The van der Waals surface area contributed by atoms with Crippen molar-refractivity contribution in [3.05, 3.63) is 164 Å². The van der Waals surface area contributed by atoms with Crippen molar-refractivity contribution in [2.45, 2.75) is 311 Å². The average Bonchev–Trinajstić information content (AvgIpc) is 1.49. The zero-order valence-electron chi connectivity index (χ0n) is 57.6. The van der Waals surface area contributed by atoms with E-state index in [1.807, 2.05) is 36.4 Å². The summed E-state index contributed by atoms with van der Waals surface area (Å²) in [5, 5.41) is 11.4. The zero-order valence-corrected chi connectivity index (χ0v) is 60.2. The molecule has 6 nitrogen and oxygen atoms in total. The van der Waals surface area contributed by atoms with Gasteiger partial charge in [0.05, 0.1) is 0 Å². The van der Waals surface area contributed by atoms with E-state index in [0.29, 0.717) is 71.5 Å². The first-order chi connectivity index (χ1) is 41.4. The Morgan fingerprint density at radius 3 is 0.655 bits per heavy atom. The van der Waals surface area contributed by atoms with Crippen molar-refractivity contribution in [2.75, 3.05) is 0 Å². The van der Waals surface area contributed by atoms with E-state index in [-0.39, 0.29) is 40.4 Å². The fraction of sp³-hybridized carbons (Fsp3) is 0.600. The van der Waals surface area contributed by atoms with Crippen LogP contribution >= 0.6 is 0 Å². The van der Waals surface area contributed by atoms with Gasteiger partial charge in [0.15, 0.2) is 0 Å². The molecule has 5 aromatic carbocycles. The Hall–Kier alpha value is -4.02. The minimum absolute atomic E-state index is 0. The largest absolute Gasteiger partial charge is 0.420 e. The van der Waals surface area contributed by atoms with Gasteiger partial charge in [0.25, 0.3) is 0 Å². The zero-order chi connectivity index (χ0) is 61.9. The summed E-state index contributed by atoms with van der Waals surface area (Å²) in [5.41, 5.74) is 15.4. The molecular formula is C80H118N6Sm-2. The number of para-hydroxylation sites is 4. The summed E-state index contributed by atoms with van der Waals surface area (Å²) in [7, 11) is 0. The van der Waals surface area contributed by atoms with Gasteiger partial charge >= 0.3 is 0 Å². The quantitative estimate of drug-likeness (QED) is 0.0730. The van der Waals surface area contributed by atoms with Crippen LogP contribution in [0.4, 0.5) is 22.7 Å². The maximum Gasteiger partial charge on any atom is 0.0191 e. The van der Waals surface area contributed by atoms with Crippen molar-refractivity contribution in [2.24, 2.45) is 9.98 Å². The second-order valence-electron chi connectivity index (χ2n) is 28.6. The molecule has 7 heteroatoms. The van der Waals surface area contributed by atoms with E-state index in [2.05, 4.69) is 193 Å². The molecule has 87 heavy (non-hydrogen) atoms. The molecule has 0 bridgehead atoms. The molecule has 5 aromatic rings. The number of nitrogens with zero attached hydrogens (tertiary/aromatic N) is 6. The Balaban J connectivity index is 0.000000250. The molecule has 0 saturated heterocycles. The van der Waals surface area contributed by atoms with Crippen molar-refractivity contribution >= 4 is 34.7 Å². The van der Waals surface area contributed by atoms with Crippen LogP contribution in [0.3, 0.4) is 0 Å². The molecule has 4 aliphatic rings. The number of hydrogen-bond acceptors (Lipinski definition) is 2. The third-order valence-corrected chi connectivity index (χ3v) is 19.2. The molecule has 0 aromatic heterocycles. The first-order valence-electron chi connectivity index (χ1n) is 35.1. The smallest absolute Gasteiger partial charge is 0.0191 e. The summed E-state index contributed by atoms with van der Waals surface area (Å²) in [6.45, 7) is 36.9.